The van der Waals surface area contributed by atoms with Crippen molar-refractivity contribution in [3.63, 3.8) is 0 Å². The first kappa shape index (κ1) is 14.0. The van der Waals surface area contributed by atoms with E-state index in [9.17, 15) is 18.0 Å². The fraction of sp³-hybridized carbons (Fsp3) is 0.800. The van der Waals surface area contributed by atoms with Crippen molar-refractivity contribution in [2.24, 2.45) is 17.3 Å². The van der Waals surface area contributed by atoms with Crippen LogP contribution in [0.2, 0.25) is 0 Å². The Bertz CT molecular complexity index is 452. The average Bonchev–Trinajstić information content (AvgIpc) is 2.22. The predicted molar refractivity (Wildman–Crippen MR) is 66.8 cm³/mol. The van der Waals surface area contributed by atoms with Crippen LogP contribution < -0.4 is 0 Å². The van der Waals surface area contributed by atoms with E-state index in [1.165, 1.54) is 0 Å². The smallest absolute Gasteiger partial charge is 0.422 e. The largest absolute Gasteiger partial charge is 0.455 e. The van der Waals surface area contributed by atoms with Crippen molar-refractivity contribution in [1.82, 2.24) is 0 Å². The summed E-state index contributed by atoms with van der Waals surface area (Å²) in [6.45, 7) is 5.01. The molecule has 0 spiro atoms. The number of esters is 1. The number of hydrogen-bond donors (Lipinski definition) is 0. The van der Waals surface area contributed by atoms with Gasteiger partial charge in [-0.05, 0) is 55.8 Å². The highest BCUT2D eigenvalue weighted by molar-refractivity contribution is 5.89. The van der Waals surface area contributed by atoms with E-state index >= 15 is 0 Å². The van der Waals surface area contributed by atoms with Crippen molar-refractivity contribution in [3.8, 4) is 0 Å². The van der Waals surface area contributed by atoms with E-state index in [4.69, 9.17) is 4.74 Å². The van der Waals surface area contributed by atoms with Crippen molar-refractivity contribution < 1.29 is 22.7 Å². The van der Waals surface area contributed by atoms with Crippen molar-refractivity contribution in [2.75, 3.05) is 0 Å². The second-order valence-electron chi connectivity index (χ2n) is 7.32. The standard InChI is InChI=1S/C15H19F3O2/c1-9(15(16,17)18)12(19)20-14-6-10-3-11(7-14)5-13(2,4-10)8-14/h10-11H,1,3-8H2,2H3. The van der Waals surface area contributed by atoms with E-state index in [0.717, 1.165) is 32.1 Å². The SMILES string of the molecule is C=C(C(=O)OC12CC3CC(CC(C)(C3)C1)C2)C(F)(F)F. The van der Waals surface area contributed by atoms with Gasteiger partial charge >= 0.3 is 12.1 Å². The molecule has 4 aliphatic carbocycles. The van der Waals surface area contributed by atoms with E-state index < -0.39 is 23.3 Å². The van der Waals surface area contributed by atoms with Gasteiger partial charge in [-0.15, -0.1) is 0 Å². The van der Waals surface area contributed by atoms with Crippen LogP contribution in [0.5, 0.6) is 0 Å². The summed E-state index contributed by atoms with van der Waals surface area (Å²) in [5.74, 6) is -0.301. The Morgan fingerprint density at radius 2 is 1.75 bits per heavy atom. The van der Waals surface area contributed by atoms with Gasteiger partial charge in [-0.3, -0.25) is 0 Å². The van der Waals surface area contributed by atoms with Crippen molar-refractivity contribution in [1.29, 1.82) is 0 Å². The summed E-state index contributed by atoms with van der Waals surface area (Å²) < 4.78 is 42.9. The number of alkyl halides is 3. The first-order valence-electron chi connectivity index (χ1n) is 7.10. The molecule has 0 amide bonds. The summed E-state index contributed by atoms with van der Waals surface area (Å²) in [5, 5.41) is 0. The topological polar surface area (TPSA) is 26.3 Å². The molecule has 20 heavy (non-hydrogen) atoms. The maximum atomic E-state index is 12.5. The van der Waals surface area contributed by atoms with Gasteiger partial charge in [-0.1, -0.05) is 13.5 Å². The third kappa shape index (κ3) is 2.25. The molecule has 0 radical (unpaired) electrons. The van der Waals surface area contributed by atoms with Gasteiger partial charge < -0.3 is 4.74 Å². The lowest BCUT2D eigenvalue weighted by atomic mass is 9.48. The first-order chi connectivity index (χ1) is 9.11. The van der Waals surface area contributed by atoms with Gasteiger partial charge in [-0.2, -0.15) is 13.2 Å². The summed E-state index contributed by atoms with van der Waals surface area (Å²) in [6, 6.07) is 0. The fourth-order valence-corrected chi connectivity index (χ4v) is 5.12. The van der Waals surface area contributed by atoms with Crippen molar-refractivity contribution in [3.05, 3.63) is 12.2 Å². The van der Waals surface area contributed by atoms with Gasteiger partial charge in [0.25, 0.3) is 0 Å². The van der Waals surface area contributed by atoms with E-state index in [2.05, 4.69) is 13.5 Å². The molecular formula is C15H19F3O2. The lowest BCUT2D eigenvalue weighted by molar-refractivity contribution is -0.200. The van der Waals surface area contributed by atoms with Crippen LogP contribution in [0.25, 0.3) is 0 Å². The number of ether oxygens (including phenoxy) is 1. The van der Waals surface area contributed by atoms with Crippen LogP contribution in [0.1, 0.15) is 45.4 Å². The molecule has 4 rings (SSSR count). The molecule has 0 aromatic heterocycles. The minimum atomic E-state index is -4.71. The van der Waals surface area contributed by atoms with Crippen molar-refractivity contribution >= 4 is 5.97 Å². The van der Waals surface area contributed by atoms with Gasteiger partial charge in [-0.25, -0.2) is 4.79 Å². The van der Waals surface area contributed by atoms with Crippen LogP contribution in [0.3, 0.4) is 0 Å². The van der Waals surface area contributed by atoms with Gasteiger partial charge in [0.2, 0.25) is 0 Å². The van der Waals surface area contributed by atoms with Gasteiger partial charge in [0, 0.05) is 0 Å². The molecule has 4 fully saturated rings. The molecule has 4 saturated carbocycles. The average molecular weight is 288 g/mol. The van der Waals surface area contributed by atoms with Gasteiger partial charge in [0.05, 0.1) is 0 Å². The highest BCUT2D eigenvalue weighted by atomic mass is 19.4. The molecule has 2 unspecified atom stereocenters. The number of rotatable bonds is 2. The summed E-state index contributed by atoms with van der Waals surface area (Å²) in [4.78, 5) is 11.7. The molecule has 0 saturated heterocycles. The zero-order valence-corrected chi connectivity index (χ0v) is 11.6. The van der Waals surface area contributed by atoms with E-state index in [0.29, 0.717) is 18.3 Å². The Morgan fingerprint density at radius 1 is 1.20 bits per heavy atom. The molecule has 4 aliphatic rings. The maximum absolute atomic E-state index is 12.5. The fourth-order valence-electron chi connectivity index (χ4n) is 5.12. The molecule has 0 heterocycles. The zero-order chi connectivity index (χ0) is 14.8. The summed E-state index contributed by atoms with van der Waals surface area (Å²) >= 11 is 0. The van der Waals surface area contributed by atoms with Crippen LogP contribution in [0.15, 0.2) is 12.2 Å². The van der Waals surface area contributed by atoms with Crippen LogP contribution in [-0.2, 0) is 9.53 Å². The van der Waals surface area contributed by atoms with E-state index in [-0.39, 0.29) is 5.41 Å². The van der Waals surface area contributed by atoms with E-state index in [1.54, 1.807) is 0 Å². The van der Waals surface area contributed by atoms with Crippen molar-refractivity contribution in [2.45, 2.75) is 57.2 Å². The lowest BCUT2D eigenvalue weighted by Gasteiger charge is -2.60. The highest BCUT2D eigenvalue weighted by Crippen LogP contribution is 2.62. The number of carbonyl (C=O) groups is 1. The summed E-state index contributed by atoms with van der Waals surface area (Å²) in [7, 11) is 0. The Balaban J connectivity index is 1.77. The summed E-state index contributed by atoms with van der Waals surface area (Å²) in [5.41, 5.74) is -1.94. The molecule has 0 aromatic rings. The highest BCUT2D eigenvalue weighted by Gasteiger charge is 2.58. The molecule has 5 heteroatoms. The zero-order valence-electron chi connectivity index (χ0n) is 11.6. The Kier molecular flexibility index (Phi) is 2.80. The molecule has 0 aromatic carbocycles. The van der Waals surface area contributed by atoms with Crippen LogP contribution in [0.4, 0.5) is 13.2 Å². The molecule has 0 N–H and O–H groups in total. The lowest BCUT2D eigenvalue weighted by Crippen LogP contribution is -2.56. The quantitative estimate of drug-likeness (QED) is 0.567. The number of hydrogen-bond acceptors (Lipinski definition) is 2. The monoisotopic (exact) mass is 288 g/mol. The minimum absolute atomic E-state index is 0.129. The third-order valence-electron chi connectivity index (χ3n) is 5.20. The van der Waals surface area contributed by atoms with Gasteiger partial charge in [0.1, 0.15) is 11.2 Å². The molecule has 0 aliphatic heterocycles. The van der Waals surface area contributed by atoms with Gasteiger partial charge in [0.15, 0.2) is 0 Å². The maximum Gasteiger partial charge on any atom is 0.422 e. The normalized spacial score (nSPS) is 42.6. The second-order valence-corrected chi connectivity index (χ2v) is 7.32. The summed E-state index contributed by atoms with van der Waals surface area (Å²) in [6.07, 6.45) is 0.792. The van der Waals surface area contributed by atoms with Crippen LogP contribution in [-0.4, -0.2) is 17.7 Å². The molecule has 2 nitrogen and oxygen atoms in total. The van der Waals surface area contributed by atoms with Crippen LogP contribution in [0, 0.1) is 17.3 Å². The predicted octanol–water partition coefficient (Wildman–Crippen LogP) is 4.01. The molecule has 2 atom stereocenters. The molecule has 112 valence electrons. The number of carbonyl (C=O) groups excluding carboxylic acids is 1. The van der Waals surface area contributed by atoms with Crippen LogP contribution >= 0.6 is 0 Å². The van der Waals surface area contributed by atoms with E-state index in [1.807, 2.05) is 0 Å². The second kappa shape index (κ2) is 4.01. The Hall–Kier alpha value is -1.00. The Morgan fingerprint density at radius 3 is 2.20 bits per heavy atom. The number of halogens is 3. The Labute approximate surface area is 116 Å². The molecular weight excluding hydrogens is 269 g/mol. The third-order valence-corrected chi connectivity index (χ3v) is 5.20. The first-order valence-corrected chi connectivity index (χ1v) is 7.10. The molecule has 4 bridgehead atoms. The minimum Gasteiger partial charge on any atom is -0.455 e.